The van der Waals surface area contributed by atoms with Crippen molar-refractivity contribution >= 4 is 6.03 Å². The molecule has 0 aliphatic carbocycles. The average molecular weight is 255 g/mol. The lowest BCUT2D eigenvalue weighted by atomic mass is 9.80. The lowest BCUT2D eigenvalue weighted by molar-refractivity contribution is 0.0516. The molecule has 104 valence electrons. The molecule has 0 unspecified atom stereocenters. The van der Waals surface area contributed by atoms with Gasteiger partial charge >= 0.3 is 6.03 Å². The van der Waals surface area contributed by atoms with Crippen LogP contribution in [0, 0.1) is 5.41 Å². The molecule has 2 aliphatic rings. The second-order valence-corrected chi connectivity index (χ2v) is 5.87. The molecule has 18 heavy (non-hydrogen) atoms. The van der Waals surface area contributed by atoms with Gasteiger partial charge in [0.05, 0.1) is 13.2 Å². The molecular weight excluding hydrogens is 230 g/mol. The van der Waals surface area contributed by atoms with Crippen molar-refractivity contribution in [1.82, 2.24) is 15.1 Å². The second-order valence-electron chi connectivity index (χ2n) is 5.87. The molecule has 5 nitrogen and oxygen atoms in total. The Labute approximate surface area is 109 Å². The van der Waals surface area contributed by atoms with Crippen molar-refractivity contribution in [2.24, 2.45) is 5.41 Å². The van der Waals surface area contributed by atoms with Crippen LogP contribution in [0.15, 0.2) is 0 Å². The second kappa shape index (κ2) is 5.89. The van der Waals surface area contributed by atoms with Gasteiger partial charge in [-0.05, 0) is 38.4 Å². The molecule has 1 N–H and O–H groups in total. The van der Waals surface area contributed by atoms with Gasteiger partial charge in [-0.3, -0.25) is 0 Å². The van der Waals surface area contributed by atoms with Crippen LogP contribution >= 0.6 is 0 Å². The summed E-state index contributed by atoms with van der Waals surface area (Å²) in [5.74, 6) is 0. The highest BCUT2D eigenvalue weighted by molar-refractivity contribution is 5.74. The van der Waals surface area contributed by atoms with Crippen molar-refractivity contribution in [2.45, 2.75) is 19.8 Å². The van der Waals surface area contributed by atoms with Gasteiger partial charge in [-0.1, -0.05) is 6.92 Å². The Morgan fingerprint density at radius 2 is 1.83 bits per heavy atom. The lowest BCUT2D eigenvalue weighted by Crippen LogP contribution is -2.50. The highest BCUT2D eigenvalue weighted by Gasteiger charge is 2.29. The Hall–Kier alpha value is -0.810. The summed E-state index contributed by atoms with van der Waals surface area (Å²) in [5, 5.41) is 3.09. The number of likely N-dealkylation sites (tertiary alicyclic amines) is 1. The number of hydrogen-bond donors (Lipinski definition) is 1. The molecule has 0 aromatic carbocycles. The van der Waals surface area contributed by atoms with Gasteiger partial charge in [0, 0.05) is 19.6 Å². The van der Waals surface area contributed by atoms with Gasteiger partial charge in [0.1, 0.15) is 0 Å². The summed E-state index contributed by atoms with van der Waals surface area (Å²) in [6.07, 6.45) is 2.32. The van der Waals surface area contributed by atoms with Gasteiger partial charge in [0.15, 0.2) is 0 Å². The third-order valence-electron chi connectivity index (χ3n) is 4.16. The van der Waals surface area contributed by atoms with Crippen molar-refractivity contribution in [3.05, 3.63) is 0 Å². The van der Waals surface area contributed by atoms with E-state index in [2.05, 4.69) is 24.2 Å². The van der Waals surface area contributed by atoms with Crippen LogP contribution < -0.4 is 5.32 Å². The van der Waals surface area contributed by atoms with Crippen LogP contribution in [-0.2, 0) is 4.74 Å². The molecule has 2 fully saturated rings. The highest BCUT2D eigenvalue weighted by Crippen LogP contribution is 2.29. The number of rotatable bonds is 2. The Morgan fingerprint density at radius 3 is 2.44 bits per heavy atom. The standard InChI is InChI=1S/C13H25N3O2/c1-13(3-5-15(2)6-4-13)11-14-12(17)16-7-9-18-10-8-16/h3-11H2,1-2H3,(H,14,17). The summed E-state index contributed by atoms with van der Waals surface area (Å²) in [4.78, 5) is 16.2. The monoisotopic (exact) mass is 255 g/mol. The van der Waals surface area contributed by atoms with Gasteiger partial charge < -0.3 is 19.9 Å². The Kier molecular flexibility index (Phi) is 4.45. The molecule has 0 aromatic heterocycles. The normalized spacial score (nSPS) is 24.9. The van der Waals surface area contributed by atoms with Crippen molar-refractivity contribution in [1.29, 1.82) is 0 Å². The molecular formula is C13H25N3O2. The fraction of sp³-hybridized carbons (Fsp3) is 0.923. The molecule has 2 amide bonds. The van der Waals surface area contributed by atoms with Crippen molar-refractivity contribution in [2.75, 3.05) is 53.0 Å². The van der Waals surface area contributed by atoms with Gasteiger partial charge in [-0.2, -0.15) is 0 Å². The van der Waals surface area contributed by atoms with E-state index in [1.165, 1.54) is 0 Å². The van der Waals surface area contributed by atoms with Crippen LogP contribution in [0.4, 0.5) is 4.79 Å². The maximum atomic E-state index is 12.0. The minimum Gasteiger partial charge on any atom is -0.378 e. The van der Waals surface area contributed by atoms with E-state index < -0.39 is 0 Å². The summed E-state index contributed by atoms with van der Waals surface area (Å²) in [7, 11) is 2.16. The molecule has 0 aromatic rings. The quantitative estimate of drug-likeness (QED) is 0.792. The van der Waals surface area contributed by atoms with Crippen LogP contribution in [0.2, 0.25) is 0 Å². The zero-order valence-corrected chi connectivity index (χ0v) is 11.6. The molecule has 0 bridgehead atoms. The Balaban J connectivity index is 1.74. The molecule has 2 heterocycles. The smallest absolute Gasteiger partial charge is 0.317 e. The molecule has 2 saturated heterocycles. The van der Waals surface area contributed by atoms with E-state index in [1.807, 2.05) is 4.90 Å². The first-order valence-corrected chi connectivity index (χ1v) is 6.88. The number of carbonyl (C=O) groups excluding carboxylic acids is 1. The first kappa shape index (κ1) is 13.6. The minimum absolute atomic E-state index is 0.0680. The van der Waals surface area contributed by atoms with E-state index >= 15 is 0 Å². The van der Waals surface area contributed by atoms with E-state index in [4.69, 9.17) is 4.74 Å². The molecule has 0 saturated carbocycles. The topological polar surface area (TPSA) is 44.8 Å². The van der Waals surface area contributed by atoms with E-state index in [1.54, 1.807) is 0 Å². The van der Waals surface area contributed by atoms with Crippen LogP contribution in [0.1, 0.15) is 19.8 Å². The number of morpholine rings is 1. The van der Waals surface area contributed by atoms with E-state index in [-0.39, 0.29) is 11.4 Å². The number of urea groups is 1. The zero-order chi connectivity index (χ0) is 13.0. The van der Waals surface area contributed by atoms with E-state index in [9.17, 15) is 4.79 Å². The zero-order valence-electron chi connectivity index (χ0n) is 11.6. The SMILES string of the molecule is CN1CCC(C)(CNC(=O)N2CCOCC2)CC1. The predicted molar refractivity (Wildman–Crippen MR) is 70.6 cm³/mol. The third kappa shape index (κ3) is 3.59. The fourth-order valence-corrected chi connectivity index (χ4v) is 2.50. The summed E-state index contributed by atoms with van der Waals surface area (Å²) >= 11 is 0. The Morgan fingerprint density at radius 1 is 1.22 bits per heavy atom. The summed E-state index contributed by atoms with van der Waals surface area (Å²) < 4.78 is 5.25. The fourth-order valence-electron chi connectivity index (χ4n) is 2.50. The molecule has 0 spiro atoms. The number of ether oxygens (including phenoxy) is 1. The lowest BCUT2D eigenvalue weighted by Gasteiger charge is -2.38. The summed E-state index contributed by atoms with van der Waals surface area (Å²) in [5.41, 5.74) is 0.258. The number of hydrogen-bond acceptors (Lipinski definition) is 3. The number of piperidine rings is 1. The Bertz CT molecular complexity index is 282. The number of nitrogens with one attached hydrogen (secondary N) is 1. The highest BCUT2D eigenvalue weighted by atomic mass is 16.5. The van der Waals surface area contributed by atoms with E-state index in [0.717, 1.165) is 32.5 Å². The maximum Gasteiger partial charge on any atom is 0.317 e. The van der Waals surface area contributed by atoms with Gasteiger partial charge in [-0.25, -0.2) is 4.79 Å². The predicted octanol–water partition coefficient (Wildman–Crippen LogP) is 0.760. The van der Waals surface area contributed by atoms with Gasteiger partial charge in [0.2, 0.25) is 0 Å². The molecule has 5 heteroatoms. The van der Waals surface area contributed by atoms with Gasteiger partial charge in [0.25, 0.3) is 0 Å². The van der Waals surface area contributed by atoms with E-state index in [0.29, 0.717) is 26.3 Å². The number of carbonyl (C=O) groups is 1. The maximum absolute atomic E-state index is 12.0. The first-order valence-electron chi connectivity index (χ1n) is 6.88. The minimum atomic E-state index is 0.0680. The first-order chi connectivity index (χ1) is 8.59. The van der Waals surface area contributed by atoms with Crippen LogP contribution in [-0.4, -0.2) is 68.8 Å². The third-order valence-corrected chi connectivity index (χ3v) is 4.16. The molecule has 0 atom stereocenters. The molecule has 2 rings (SSSR count). The number of amides is 2. The van der Waals surface area contributed by atoms with Crippen LogP contribution in [0.3, 0.4) is 0 Å². The average Bonchev–Trinajstić information content (AvgIpc) is 2.41. The van der Waals surface area contributed by atoms with Crippen LogP contribution in [0.5, 0.6) is 0 Å². The summed E-state index contributed by atoms with van der Waals surface area (Å²) in [6, 6.07) is 0.0680. The largest absolute Gasteiger partial charge is 0.378 e. The van der Waals surface area contributed by atoms with Crippen molar-refractivity contribution in [3.63, 3.8) is 0 Å². The number of nitrogens with zero attached hydrogens (tertiary/aromatic N) is 2. The van der Waals surface area contributed by atoms with Gasteiger partial charge in [-0.15, -0.1) is 0 Å². The van der Waals surface area contributed by atoms with Crippen molar-refractivity contribution < 1.29 is 9.53 Å². The molecule has 2 aliphatic heterocycles. The van der Waals surface area contributed by atoms with Crippen LogP contribution in [0.25, 0.3) is 0 Å². The molecule has 0 radical (unpaired) electrons. The summed E-state index contributed by atoms with van der Waals surface area (Å²) in [6.45, 7) is 8.08. The van der Waals surface area contributed by atoms with Crippen molar-refractivity contribution in [3.8, 4) is 0 Å².